The highest BCUT2D eigenvalue weighted by atomic mass is 16.5. The second kappa shape index (κ2) is 18.9. The molecule has 0 unspecified atom stereocenters. The van der Waals surface area contributed by atoms with Crippen LogP contribution in [0.1, 0.15) is 0 Å². The van der Waals surface area contributed by atoms with Gasteiger partial charge in [0.05, 0.1) is 17.1 Å². The zero-order valence-electron chi connectivity index (χ0n) is 45.0. The standard InChI is InChI=1S/C78H48BNO3/c1-3-20-49(21-4-1)54-24-9-13-33-68(54)79(69-34-17-31-62-58-28-11-15-37-72(58)82-77(62)69)52-42-40-51(41-43-52)64-47-66-61-30-19-39-74-76(61)67(48-65(66)57-27-8-7-26-56(57)64)60-45-44-53(46-75(60)81-74)80(70-35-14-10-25-55(70)50-22-5-2-6-23-50)71-36-18-32-63-59-29-12-16-38-73(59)83-78(63)71/h1-48H. The molecule has 1 aliphatic heterocycles. The van der Waals surface area contributed by atoms with Gasteiger partial charge in [-0.15, -0.1) is 0 Å². The highest BCUT2D eigenvalue weighted by Gasteiger charge is 2.30. The molecule has 83 heavy (non-hydrogen) atoms. The predicted octanol–water partition coefficient (Wildman–Crippen LogP) is 19.7. The fourth-order valence-corrected chi connectivity index (χ4v) is 13.5. The van der Waals surface area contributed by atoms with Gasteiger partial charge in [0.25, 0.3) is 0 Å². The molecule has 0 saturated carbocycles. The first-order valence-electron chi connectivity index (χ1n) is 28.4. The van der Waals surface area contributed by atoms with E-state index >= 15 is 0 Å². The average molecular weight is 1060 g/mol. The summed E-state index contributed by atoms with van der Waals surface area (Å²) in [6.45, 7) is -0.123. The molecule has 0 bridgehead atoms. The molecule has 3 heterocycles. The topological polar surface area (TPSA) is 38.8 Å². The van der Waals surface area contributed by atoms with Crippen molar-refractivity contribution in [3.63, 3.8) is 0 Å². The summed E-state index contributed by atoms with van der Waals surface area (Å²) in [7, 11) is 0. The van der Waals surface area contributed by atoms with Crippen LogP contribution in [0.2, 0.25) is 0 Å². The summed E-state index contributed by atoms with van der Waals surface area (Å²) in [5, 5.41) is 11.4. The van der Waals surface area contributed by atoms with Crippen molar-refractivity contribution in [3.05, 3.63) is 291 Å². The fraction of sp³-hybridized carbons (Fsp3) is 0. The van der Waals surface area contributed by atoms with Crippen LogP contribution < -0.4 is 26.0 Å². The van der Waals surface area contributed by atoms with Crippen LogP contribution in [-0.4, -0.2) is 6.71 Å². The quantitative estimate of drug-likeness (QED) is 0.107. The maximum atomic E-state index is 7.15. The van der Waals surface area contributed by atoms with E-state index in [1.54, 1.807) is 0 Å². The van der Waals surface area contributed by atoms with Crippen LogP contribution in [-0.2, 0) is 0 Å². The number of anilines is 3. The molecule has 1 aliphatic rings. The summed E-state index contributed by atoms with van der Waals surface area (Å²) in [6, 6.07) is 105. The van der Waals surface area contributed by atoms with Gasteiger partial charge in [0.2, 0.25) is 6.71 Å². The monoisotopic (exact) mass is 1060 g/mol. The van der Waals surface area contributed by atoms with Crippen molar-refractivity contribution in [2.75, 3.05) is 4.90 Å². The molecule has 386 valence electrons. The number of nitrogens with zero attached hydrogens (tertiary/aromatic N) is 1. The lowest BCUT2D eigenvalue weighted by Crippen LogP contribution is -2.52. The van der Waals surface area contributed by atoms with Gasteiger partial charge in [0.1, 0.15) is 28.2 Å². The molecule has 4 nitrogen and oxygen atoms in total. The van der Waals surface area contributed by atoms with E-state index < -0.39 is 0 Å². The highest BCUT2D eigenvalue weighted by molar-refractivity contribution is 6.97. The minimum absolute atomic E-state index is 0.123. The molecule has 2 aromatic heterocycles. The smallest absolute Gasteiger partial charge is 0.246 e. The molecular formula is C78H48BNO3. The summed E-state index contributed by atoms with van der Waals surface area (Å²) < 4.78 is 20.7. The minimum atomic E-state index is -0.123. The van der Waals surface area contributed by atoms with Gasteiger partial charge < -0.3 is 18.5 Å². The van der Waals surface area contributed by atoms with E-state index in [4.69, 9.17) is 13.6 Å². The Kier molecular flexibility index (Phi) is 10.7. The van der Waals surface area contributed by atoms with Crippen molar-refractivity contribution in [3.8, 4) is 56.0 Å². The van der Waals surface area contributed by atoms with Crippen LogP contribution in [0.5, 0.6) is 11.5 Å². The van der Waals surface area contributed by atoms with E-state index in [0.29, 0.717) is 0 Å². The largest absolute Gasteiger partial charge is 0.457 e. The maximum absolute atomic E-state index is 7.15. The molecule has 14 aromatic carbocycles. The van der Waals surface area contributed by atoms with E-state index in [9.17, 15) is 0 Å². The van der Waals surface area contributed by atoms with Crippen molar-refractivity contribution in [2.24, 2.45) is 0 Å². The number of benzene rings is 14. The molecule has 5 heteroatoms. The molecule has 17 rings (SSSR count). The van der Waals surface area contributed by atoms with Crippen LogP contribution in [0.25, 0.3) is 121 Å². The maximum Gasteiger partial charge on any atom is 0.246 e. The van der Waals surface area contributed by atoms with Crippen LogP contribution in [0.4, 0.5) is 17.1 Å². The van der Waals surface area contributed by atoms with Gasteiger partial charge in [-0.3, -0.25) is 0 Å². The molecule has 0 spiro atoms. The summed E-state index contributed by atoms with van der Waals surface area (Å²) in [5.41, 5.74) is 19.1. The number of ether oxygens (including phenoxy) is 1. The minimum Gasteiger partial charge on any atom is -0.457 e. The third-order valence-corrected chi connectivity index (χ3v) is 17.2. The van der Waals surface area contributed by atoms with Crippen LogP contribution in [0, 0.1) is 0 Å². The van der Waals surface area contributed by atoms with Crippen molar-refractivity contribution >= 4 is 116 Å². The molecule has 16 aromatic rings. The summed E-state index contributed by atoms with van der Waals surface area (Å²) in [6.07, 6.45) is 0. The summed E-state index contributed by atoms with van der Waals surface area (Å²) >= 11 is 0. The molecule has 0 aliphatic carbocycles. The number of rotatable bonds is 9. The summed E-state index contributed by atoms with van der Waals surface area (Å²) in [5.74, 6) is 1.63. The highest BCUT2D eigenvalue weighted by Crippen LogP contribution is 2.53. The molecule has 0 saturated heterocycles. The Morgan fingerprint density at radius 3 is 1.58 bits per heavy atom. The van der Waals surface area contributed by atoms with Crippen molar-refractivity contribution in [1.82, 2.24) is 0 Å². The Bertz CT molecular complexity index is 5260. The van der Waals surface area contributed by atoms with Gasteiger partial charge >= 0.3 is 0 Å². The zero-order chi connectivity index (χ0) is 54.5. The third kappa shape index (κ3) is 7.48. The van der Waals surface area contributed by atoms with E-state index in [0.717, 1.165) is 116 Å². The molecule has 0 fully saturated rings. The van der Waals surface area contributed by atoms with Crippen molar-refractivity contribution in [2.45, 2.75) is 0 Å². The molecule has 0 N–H and O–H groups in total. The lowest BCUT2D eigenvalue weighted by Gasteiger charge is -2.30. The van der Waals surface area contributed by atoms with Crippen molar-refractivity contribution in [1.29, 1.82) is 0 Å². The first-order valence-corrected chi connectivity index (χ1v) is 28.4. The third-order valence-electron chi connectivity index (χ3n) is 17.2. The number of hydrogen-bond acceptors (Lipinski definition) is 4. The zero-order valence-corrected chi connectivity index (χ0v) is 45.0. The molecule has 0 radical (unpaired) electrons. The number of fused-ring (bicyclic) bond motifs is 12. The normalized spacial score (nSPS) is 12.0. The SMILES string of the molecule is c1ccc(-c2ccccc2B(c2ccc(-c3cc4c5cccc6c5c(cc4c4ccccc34)-c3ccc(N(c4ccccc4-c4ccccc4)c4cccc5c4oc4ccccc45)cc3O6)cc2)c2cccc3c2oc2ccccc23)cc1. The van der Waals surface area contributed by atoms with E-state index in [-0.39, 0.29) is 6.71 Å². The predicted molar refractivity (Wildman–Crippen MR) is 348 cm³/mol. The fourth-order valence-electron chi connectivity index (χ4n) is 13.5. The Hall–Kier alpha value is -10.9. The molecular weight excluding hydrogens is 1010 g/mol. The van der Waals surface area contributed by atoms with Gasteiger partial charge in [0, 0.05) is 44.1 Å². The van der Waals surface area contributed by atoms with E-state index in [2.05, 4.69) is 278 Å². The van der Waals surface area contributed by atoms with Gasteiger partial charge in [0.15, 0.2) is 5.58 Å². The van der Waals surface area contributed by atoms with Crippen molar-refractivity contribution < 1.29 is 13.6 Å². The lowest BCUT2D eigenvalue weighted by atomic mass is 9.35. The lowest BCUT2D eigenvalue weighted by molar-refractivity contribution is 0.487. The first-order chi connectivity index (χ1) is 41.2. The van der Waals surface area contributed by atoms with Gasteiger partial charge in [-0.1, -0.05) is 241 Å². The second-order valence-corrected chi connectivity index (χ2v) is 21.8. The number of furan rings is 2. The van der Waals surface area contributed by atoms with Gasteiger partial charge in [-0.2, -0.15) is 0 Å². The van der Waals surface area contributed by atoms with Gasteiger partial charge in [-0.05, 0) is 120 Å². The van der Waals surface area contributed by atoms with E-state index in [1.807, 2.05) is 18.2 Å². The Balaban J connectivity index is 0.812. The number of hydrogen-bond donors (Lipinski definition) is 0. The molecule has 0 atom stereocenters. The van der Waals surface area contributed by atoms with Gasteiger partial charge in [-0.25, -0.2) is 0 Å². The van der Waals surface area contributed by atoms with Crippen LogP contribution in [0.15, 0.2) is 300 Å². The summed E-state index contributed by atoms with van der Waals surface area (Å²) in [4.78, 5) is 2.33. The Morgan fingerprint density at radius 2 is 0.807 bits per heavy atom. The second-order valence-electron chi connectivity index (χ2n) is 21.8. The Morgan fingerprint density at radius 1 is 0.277 bits per heavy atom. The van der Waals surface area contributed by atoms with E-state index in [1.165, 1.54) is 49.2 Å². The van der Waals surface area contributed by atoms with Crippen LogP contribution in [0.3, 0.4) is 0 Å². The Labute approximate surface area is 479 Å². The average Bonchev–Trinajstić information content (AvgIpc) is 3.54. The molecule has 0 amide bonds. The van der Waals surface area contributed by atoms with Crippen LogP contribution >= 0.6 is 0 Å². The first kappa shape index (κ1) is 47.0. The number of para-hydroxylation sites is 5.